The van der Waals surface area contributed by atoms with E-state index in [9.17, 15) is 4.79 Å². The molecule has 3 heteroatoms. The van der Waals surface area contributed by atoms with E-state index in [1.54, 1.807) is 0 Å². The molecule has 0 spiro atoms. The molecule has 0 bridgehead atoms. The first-order valence-electron chi connectivity index (χ1n) is 4.98. The van der Waals surface area contributed by atoms with Gasteiger partial charge < -0.3 is 11.1 Å². The summed E-state index contributed by atoms with van der Waals surface area (Å²) in [7, 11) is 0. The van der Waals surface area contributed by atoms with Crippen LogP contribution in [0.3, 0.4) is 0 Å². The fourth-order valence-electron chi connectivity index (χ4n) is 1.59. The topological polar surface area (TPSA) is 55.1 Å². The maximum atomic E-state index is 10.9. The molecule has 0 fully saturated rings. The summed E-state index contributed by atoms with van der Waals surface area (Å²) >= 11 is 0. The molecule has 16 heavy (non-hydrogen) atoms. The number of urea groups is 1. The van der Waals surface area contributed by atoms with Crippen molar-refractivity contribution >= 4 is 11.7 Å². The van der Waals surface area contributed by atoms with Gasteiger partial charge in [-0.3, -0.25) is 0 Å². The standard InChI is InChI=1S/C13H12N2O/c14-13(16)15-12-9-5-4-8-11(12)10-6-2-1-3-7-10/h1-9H,(H3,14,15,16). The number of benzene rings is 2. The van der Waals surface area contributed by atoms with Gasteiger partial charge in [-0.1, -0.05) is 48.5 Å². The van der Waals surface area contributed by atoms with E-state index in [-0.39, 0.29) is 0 Å². The highest BCUT2D eigenvalue weighted by Crippen LogP contribution is 2.27. The summed E-state index contributed by atoms with van der Waals surface area (Å²) in [6.07, 6.45) is 0. The van der Waals surface area contributed by atoms with Gasteiger partial charge in [-0.15, -0.1) is 0 Å². The second-order valence-electron chi connectivity index (χ2n) is 3.40. The highest BCUT2D eigenvalue weighted by Gasteiger charge is 2.04. The molecule has 0 saturated heterocycles. The largest absolute Gasteiger partial charge is 0.351 e. The second kappa shape index (κ2) is 4.49. The minimum Gasteiger partial charge on any atom is -0.351 e. The number of para-hydroxylation sites is 1. The van der Waals surface area contributed by atoms with Crippen LogP contribution in [0.2, 0.25) is 0 Å². The smallest absolute Gasteiger partial charge is 0.316 e. The SMILES string of the molecule is NC(=O)Nc1ccccc1-c1ccccc1. The number of hydrogen-bond acceptors (Lipinski definition) is 1. The van der Waals surface area contributed by atoms with Crippen LogP contribution in [0, 0.1) is 0 Å². The number of amides is 2. The highest BCUT2D eigenvalue weighted by atomic mass is 16.2. The van der Waals surface area contributed by atoms with E-state index in [0.717, 1.165) is 16.8 Å². The Morgan fingerprint density at radius 3 is 2.25 bits per heavy atom. The number of carbonyl (C=O) groups is 1. The minimum atomic E-state index is -0.552. The summed E-state index contributed by atoms with van der Waals surface area (Å²) in [6, 6.07) is 16.8. The highest BCUT2D eigenvalue weighted by molar-refractivity contribution is 5.93. The van der Waals surface area contributed by atoms with E-state index >= 15 is 0 Å². The molecule has 2 aromatic carbocycles. The summed E-state index contributed by atoms with van der Waals surface area (Å²) in [5.74, 6) is 0. The van der Waals surface area contributed by atoms with Gasteiger partial charge in [0.1, 0.15) is 0 Å². The van der Waals surface area contributed by atoms with Gasteiger partial charge in [0.15, 0.2) is 0 Å². The summed E-state index contributed by atoms with van der Waals surface area (Å²) in [4.78, 5) is 10.9. The van der Waals surface area contributed by atoms with E-state index in [1.807, 2.05) is 54.6 Å². The zero-order valence-corrected chi connectivity index (χ0v) is 8.68. The van der Waals surface area contributed by atoms with E-state index in [1.165, 1.54) is 0 Å². The van der Waals surface area contributed by atoms with Crippen LogP contribution in [0.5, 0.6) is 0 Å². The van der Waals surface area contributed by atoms with Crippen LogP contribution in [-0.2, 0) is 0 Å². The first-order chi connectivity index (χ1) is 7.77. The molecule has 0 saturated carbocycles. The van der Waals surface area contributed by atoms with Gasteiger partial charge in [-0.05, 0) is 11.6 Å². The molecule has 80 valence electrons. The first kappa shape index (κ1) is 10.2. The van der Waals surface area contributed by atoms with E-state index in [0.29, 0.717) is 0 Å². The fourth-order valence-corrected chi connectivity index (χ4v) is 1.59. The number of nitrogens with two attached hydrogens (primary N) is 1. The Kier molecular flexibility index (Phi) is 2.87. The normalized spacial score (nSPS) is 9.75. The molecule has 0 heterocycles. The number of carbonyl (C=O) groups excluding carboxylic acids is 1. The van der Waals surface area contributed by atoms with Crippen molar-refractivity contribution in [2.24, 2.45) is 5.73 Å². The molecule has 2 aromatic rings. The van der Waals surface area contributed by atoms with Gasteiger partial charge in [0.2, 0.25) is 0 Å². The predicted molar refractivity (Wildman–Crippen MR) is 65.1 cm³/mol. The molecule has 0 atom stereocenters. The number of nitrogens with one attached hydrogen (secondary N) is 1. The minimum absolute atomic E-state index is 0.552. The first-order valence-corrected chi connectivity index (χ1v) is 4.98. The van der Waals surface area contributed by atoms with Crippen LogP contribution in [0.4, 0.5) is 10.5 Å². The van der Waals surface area contributed by atoms with Crippen molar-refractivity contribution in [1.82, 2.24) is 0 Å². The van der Waals surface area contributed by atoms with Crippen LogP contribution in [-0.4, -0.2) is 6.03 Å². The number of anilines is 1. The van der Waals surface area contributed by atoms with Crippen LogP contribution < -0.4 is 11.1 Å². The molecular weight excluding hydrogens is 200 g/mol. The van der Waals surface area contributed by atoms with Crippen LogP contribution >= 0.6 is 0 Å². The van der Waals surface area contributed by atoms with Crippen molar-refractivity contribution in [2.45, 2.75) is 0 Å². The van der Waals surface area contributed by atoms with Gasteiger partial charge in [0, 0.05) is 5.56 Å². The molecule has 3 nitrogen and oxygen atoms in total. The third-order valence-corrected chi connectivity index (χ3v) is 2.27. The summed E-state index contributed by atoms with van der Waals surface area (Å²) < 4.78 is 0. The molecule has 0 aliphatic heterocycles. The Hall–Kier alpha value is -2.29. The van der Waals surface area contributed by atoms with Crippen LogP contribution in [0.1, 0.15) is 0 Å². The molecule has 2 amide bonds. The summed E-state index contributed by atoms with van der Waals surface area (Å²) in [5, 5.41) is 2.61. The number of hydrogen-bond donors (Lipinski definition) is 2. The zero-order valence-electron chi connectivity index (χ0n) is 8.68. The molecule has 0 aromatic heterocycles. The van der Waals surface area contributed by atoms with Crippen LogP contribution in [0.25, 0.3) is 11.1 Å². The molecule has 2 rings (SSSR count). The molecule has 0 unspecified atom stereocenters. The Labute approximate surface area is 93.9 Å². The second-order valence-corrected chi connectivity index (χ2v) is 3.40. The fraction of sp³-hybridized carbons (Fsp3) is 0. The lowest BCUT2D eigenvalue weighted by Crippen LogP contribution is -2.19. The van der Waals surface area contributed by atoms with Gasteiger partial charge in [0.25, 0.3) is 0 Å². The van der Waals surface area contributed by atoms with Gasteiger partial charge in [-0.2, -0.15) is 0 Å². The molecule has 0 radical (unpaired) electrons. The Bertz CT molecular complexity index is 494. The average molecular weight is 212 g/mol. The molecule has 0 aliphatic rings. The maximum Gasteiger partial charge on any atom is 0.316 e. The average Bonchev–Trinajstić information content (AvgIpc) is 2.30. The maximum absolute atomic E-state index is 10.9. The predicted octanol–water partition coefficient (Wildman–Crippen LogP) is 2.84. The lowest BCUT2D eigenvalue weighted by Gasteiger charge is -2.09. The van der Waals surface area contributed by atoms with Crippen molar-refractivity contribution in [2.75, 3.05) is 5.32 Å². The Morgan fingerprint density at radius 2 is 1.56 bits per heavy atom. The van der Waals surface area contributed by atoms with Gasteiger partial charge in [0.05, 0.1) is 5.69 Å². The molecular formula is C13H12N2O. The third-order valence-electron chi connectivity index (χ3n) is 2.27. The van der Waals surface area contributed by atoms with Crippen molar-refractivity contribution < 1.29 is 4.79 Å². The lowest BCUT2D eigenvalue weighted by atomic mass is 10.0. The summed E-state index contributed by atoms with van der Waals surface area (Å²) in [6.45, 7) is 0. The Morgan fingerprint density at radius 1 is 0.938 bits per heavy atom. The Balaban J connectivity index is 2.44. The quantitative estimate of drug-likeness (QED) is 0.790. The van der Waals surface area contributed by atoms with Crippen LogP contribution in [0.15, 0.2) is 54.6 Å². The van der Waals surface area contributed by atoms with Gasteiger partial charge in [-0.25, -0.2) is 4.79 Å². The third kappa shape index (κ3) is 2.20. The lowest BCUT2D eigenvalue weighted by molar-refractivity contribution is 0.259. The summed E-state index contributed by atoms with van der Waals surface area (Å²) in [5.41, 5.74) is 7.85. The van der Waals surface area contributed by atoms with Crippen molar-refractivity contribution in [1.29, 1.82) is 0 Å². The molecule has 0 aliphatic carbocycles. The van der Waals surface area contributed by atoms with Crippen molar-refractivity contribution in [3.8, 4) is 11.1 Å². The monoisotopic (exact) mass is 212 g/mol. The van der Waals surface area contributed by atoms with Crippen molar-refractivity contribution in [3.63, 3.8) is 0 Å². The number of primary amides is 1. The van der Waals surface area contributed by atoms with E-state index in [2.05, 4.69) is 5.32 Å². The molecule has 3 N–H and O–H groups in total. The van der Waals surface area contributed by atoms with E-state index in [4.69, 9.17) is 5.73 Å². The van der Waals surface area contributed by atoms with E-state index < -0.39 is 6.03 Å². The zero-order chi connectivity index (χ0) is 11.4. The number of rotatable bonds is 2. The van der Waals surface area contributed by atoms with Gasteiger partial charge >= 0.3 is 6.03 Å². The van der Waals surface area contributed by atoms with Crippen molar-refractivity contribution in [3.05, 3.63) is 54.6 Å².